The molecule has 2 N–H and O–H groups in total. The largest absolute Gasteiger partial charge is 0.387 e. The number of rotatable bonds is 6. The second kappa shape index (κ2) is 7.13. The summed E-state index contributed by atoms with van der Waals surface area (Å²) in [6.07, 6.45) is 1.73. The Morgan fingerprint density at radius 1 is 1.31 bits per heavy atom. The number of aliphatic hydroxyl groups is 1. The molecule has 1 atom stereocenters. The van der Waals surface area contributed by atoms with E-state index in [4.69, 9.17) is 23.2 Å². The van der Waals surface area contributed by atoms with Gasteiger partial charge in [0.1, 0.15) is 0 Å². The second-order valence-corrected chi connectivity index (χ2v) is 4.56. The molecule has 1 aromatic rings. The van der Waals surface area contributed by atoms with Crippen LogP contribution in [0.4, 0.5) is 0 Å². The lowest BCUT2D eigenvalue weighted by atomic mass is 10.1. The van der Waals surface area contributed by atoms with Gasteiger partial charge in [0.15, 0.2) is 0 Å². The fourth-order valence-corrected chi connectivity index (χ4v) is 1.68. The first-order valence-electron chi connectivity index (χ1n) is 5.49. The van der Waals surface area contributed by atoms with Gasteiger partial charge in [0.2, 0.25) is 0 Å². The minimum absolute atomic E-state index is 0.478. The molecule has 0 aliphatic rings. The van der Waals surface area contributed by atoms with E-state index < -0.39 is 6.10 Å². The Morgan fingerprint density at radius 3 is 2.69 bits per heavy atom. The van der Waals surface area contributed by atoms with Gasteiger partial charge in [-0.15, -0.1) is 0 Å². The van der Waals surface area contributed by atoms with E-state index in [-0.39, 0.29) is 0 Å². The number of aliphatic hydroxyl groups excluding tert-OH is 1. The Balaban J connectivity index is 2.46. The van der Waals surface area contributed by atoms with Crippen LogP contribution in [-0.4, -0.2) is 18.2 Å². The molecule has 0 heterocycles. The van der Waals surface area contributed by atoms with Crippen LogP contribution in [0.2, 0.25) is 10.0 Å². The van der Waals surface area contributed by atoms with Gasteiger partial charge in [-0.2, -0.15) is 0 Å². The molecule has 1 aromatic carbocycles. The van der Waals surface area contributed by atoms with Crippen molar-refractivity contribution in [2.45, 2.75) is 25.9 Å². The zero-order chi connectivity index (χ0) is 12.0. The smallest absolute Gasteiger partial charge is 0.0914 e. The maximum Gasteiger partial charge on any atom is 0.0914 e. The number of unbranched alkanes of at least 4 members (excludes halogenated alkanes) is 1. The first kappa shape index (κ1) is 13.8. The van der Waals surface area contributed by atoms with Gasteiger partial charge in [0.25, 0.3) is 0 Å². The SMILES string of the molecule is CCCCNC[C@@H](O)c1ccc(Cl)c(Cl)c1. The first-order valence-corrected chi connectivity index (χ1v) is 6.24. The maximum absolute atomic E-state index is 9.87. The van der Waals surface area contributed by atoms with E-state index in [1.165, 1.54) is 0 Å². The Hall–Kier alpha value is -0.280. The molecule has 0 saturated heterocycles. The van der Waals surface area contributed by atoms with E-state index in [9.17, 15) is 5.11 Å². The molecule has 4 heteroatoms. The van der Waals surface area contributed by atoms with Crippen molar-refractivity contribution >= 4 is 23.2 Å². The van der Waals surface area contributed by atoms with Crippen LogP contribution in [0.25, 0.3) is 0 Å². The van der Waals surface area contributed by atoms with Crippen LogP contribution in [-0.2, 0) is 0 Å². The molecule has 2 nitrogen and oxygen atoms in total. The summed E-state index contributed by atoms with van der Waals surface area (Å²) in [5, 5.41) is 14.1. The molecule has 0 aliphatic carbocycles. The van der Waals surface area contributed by atoms with Gasteiger partial charge in [-0.3, -0.25) is 0 Å². The summed E-state index contributed by atoms with van der Waals surface area (Å²) in [6, 6.07) is 5.20. The van der Waals surface area contributed by atoms with Crippen molar-refractivity contribution < 1.29 is 5.11 Å². The van der Waals surface area contributed by atoms with Gasteiger partial charge >= 0.3 is 0 Å². The van der Waals surface area contributed by atoms with E-state index in [0.29, 0.717) is 16.6 Å². The normalized spacial score (nSPS) is 12.8. The summed E-state index contributed by atoms with van der Waals surface area (Å²) in [7, 11) is 0. The highest BCUT2D eigenvalue weighted by Crippen LogP contribution is 2.25. The zero-order valence-electron chi connectivity index (χ0n) is 9.34. The molecule has 0 saturated carbocycles. The second-order valence-electron chi connectivity index (χ2n) is 3.75. The first-order chi connectivity index (χ1) is 7.65. The monoisotopic (exact) mass is 261 g/mol. The van der Waals surface area contributed by atoms with Crippen LogP contribution in [0.5, 0.6) is 0 Å². The molecule has 0 amide bonds. The molecule has 0 unspecified atom stereocenters. The average molecular weight is 262 g/mol. The molecule has 16 heavy (non-hydrogen) atoms. The lowest BCUT2D eigenvalue weighted by Gasteiger charge is -2.12. The Morgan fingerprint density at radius 2 is 2.06 bits per heavy atom. The van der Waals surface area contributed by atoms with Gasteiger partial charge < -0.3 is 10.4 Å². The number of benzene rings is 1. The van der Waals surface area contributed by atoms with E-state index in [1.54, 1.807) is 18.2 Å². The van der Waals surface area contributed by atoms with Crippen molar-refractivity contribution in [2.75, 3.05) is 13.1 Å². The third kappa shape index (κ3) is 4.30. The third-order valence-electron chi connectivity index (χ3n) is 2.37. The van der Waals surface area contributed by atoms with Crippen LogP contribution >= 0.6 is 23.2 Å². The predicted molar refractivity (Wildman–Crippen MR) is 69.2 cm³/mol. The van der Waals surface area contributed by atoms with E-state index in [0.717, 1.165) is 24.9 Å². The molecule has 0 fully saturated rings. The summed E-state index contributed by atoms with van der Waals surface area (Å²) < 4.78 is 0. The zero-order valence-corrected chi connectivity index (χ0v) is 10.9. The van der Waals surface area contributed by atoms with Crippen LogP contribution in [0.1, 0.15) is 31.4 Å². The van der Waals surface area contributed by atoms with Gasteiger partial charge in [-0.1, -0.05) is 42.6 Å². The van der Waals surface area contributed by atoms with Crippen molar-refractivity contribution in [2.24, 2.45) is 0 Å². The highest BCUT2D eigenvalue weighted by Gasteiger charge is 2.08. The van der Waals surface area contributed by atoms with E-state index in [2.05, 4.69) is 12.2 Å². The highest BCUT2D eigenvalue weighted by atomic mass is 35.5. The molecule has 0 bridgehead atoms. The van der Waals surface area contributed by atoms with Crippen molar-refractivity contribution in [3.63, 3.8) is 0 Å². The number of nitrogens with one attached hydrogen (secondary N) is 1. The van der Waals surface area contributed by atoms with Crippen LogP contribution in [0, 0.1) is 0 Å². The van der Waals surface area contributed by atoms with Crippen molar-refractivity contribution in [3.05, 3.63) is 33.8 Å². The van der Waals surface area contributed by atoms with Crippen LogP contribution in [0.15, 0.2) is 18.2 Å². The molecule has 0 aliphatic heterocycles. The van der Waals surface area contributed by atoms with Crippen LogP contribution in [0.3, 0.4) is 0 Å². The Bertz CT molecular complexity index is 331. The Kier molecular flexibility index (Phi) is 6.14. The fourth-order valence-electron chi connectivity index (χ4n) is 1.38. The molecular weight excluding hydrogens is 245 g/mol. The Labute approximate surface area is 107 Å². The summed E-state index contributed by atoms with van der Waals surface area (Å²) in [4.78, 5) is 0. The topological polar surface area (TPSA) is 32.3 Å². The van der Waals surface area contributed by atoms with Crippen molar-refractivity contribution in [3.8, 4) is 0 Å². The number of hydrogen-bond donors (Lipinski definition) is 2. The number of hydrogen-bond acceptors (Lipinski definition) is 2. The minimum atomic E-state index is -0.536. The summed E-state index contributed by atoms with van der Waals surface area (Å²) in [5.41, 5.74) is 0.790. The lowest BCUT2D eigenvalue weighted by Crippen LogP contribution is -2.22. The van der Waals surface area contributed by atoms with Crippen molar-refractivity contribution in [1.82, 2.24) is 5.32 Å². The van der Waals surface area contributed by atoms with Gasteiger partial charge in [-0.25, -0.2) is 0 Å². The van der Waals surface area contributed by atoms with Crippen molar-refractivity contribution in [1.29, 1.82) is 0 Å². The lowest BCUT2D eigenvalue weighted by molar-refractivity contribution is 0.175. The average Bonchev–Trinajstić information content (AvgIpc) is 2.28. The number of halogens is 2. The summed E-state index contributed by atoms with van der Waals surface area (Å²) >= 11 is 11.7. The quantitative estimate of drug-likeness (QED) is 0.770. The minimum Gasteiger partial charge on any atom is -0.387 e. The van der Waals surface area contributed by atoms with E-state index in [1.807, 2.05) is 0 Å². The van der Waals surface area contributed by atoms with Gasteiger partial charge in [-0.05, 0) is 30.7 Å². The highest BCUT2D eigenvalue weighted by molar-refractivity contribution is 6.42. The summed E-state index contributed by atoms with van der Waals surface area (Å²) in [6.45, 7) is 3.60. The summed E-state index contributed by atoms with van der Waals surface area (Å²) in [5.74, 6) is 0. The molecular formula is C12H17Cl2NO. The standard InChI is InChI=1S/C12H17Cl2NO/c1-2-3-6-15-8-12(16)9-4-5-10(13)11(14)7-9/h4-5,7,12,15-16H,2-3,6,8H2,1H3/t12-/m1/s1. The third-order valence-corrected chi connectivity index (χ3v) is 3.11. The molecule has 90 valence electrons. The van der Waals surface area contributed by atoms with E-state index >= 15 is 0 Å². The predicted octanol–water partition coefficient (Wildman–Crippen LogP) is 3.42. The molecule has 0 aromatic heterocycles. The molecule has 0 radical (unpaired) electrons. The van der Waals surface area contributed by atoms with Gasteiger partial charge in [0.05, 0.1) is 16.1 Å². The van der Waals surface area contributed by atoms with Gasteiger partial charge in [0, 0.05) is 6.54 Å². The molecule has 0 spiro atoms. The maximum atomic E-state index is 9.87. The van der Waals surface area contributed by atoms with Crippen LogP contribution < -0.4 is 5.32 Å². The fraction of sp³-hybridized carbons (Fsp3) is 0.500. The molecule has 1 rings (SSSR count).